The first-order valence-corrected chi connectivity index (χ1v) is 5.83. The van der Waals surface area contributed by atoms with E-state index in [0.717, 1.165) is 12.2 Å². The molecule has 0 aliphatic rings. The van der Waals surface area contributed by atoms with Gasteiger partial charge in [0.1, 0.15) is 5.76 Å². The molecule has 1 amide bonds. The minimum atomic E-state index is 0.0772. The lowest BCUT2D eigenvalue weighted by molar-refractivity contribution is -0.134. The maximum atomic E-state index is 11.8. The molecule has 0 aliphatic carbocycles. The topological polar surface area (TPSA) is 33.5 Å². The van der Waals surface area contributed by atoms with Gasteiger partial charge in [0.2, 0.25) is 5.91 Å². The highest BCUT2D eigenvalue weighted by atomic mass is 79.9. The van der Waals surface area contributed by atoms with Crippen LogP contribution in [0.4, 0.5) is 0 Å². The molecule has 1 heterocycles. The van der Waals surface area contributed by atoms with E-state index in [1.807, 2.05) is 26.0 Å². The molecule has 1 atom stereocenters. The van der Waals surface area contributed by atoms with Gasteiger partial charge in [0.25, 0.3) is 0 Å². The molecule has 84 valence electrons. The smallest absolute Gasteiger partial charge is 0.225 e. The highest BCUT2D eigenvalue weighted by Gasteiger charge is 2.16. The van der Waals surface area contributed by atoms with Gasteiger partial charge < -0.3 is 9.32 Å². The Labute approximate surface area is 98.6 Å². The fraction of sp³-hybridized carbons (Fsp3) is 0.545. The average Bonchev–Trinajstić information content (AvgIpc) is 2.61. The van der Waals surface area contributed by atoms with E-state index in [1.165, 1.54) is 0 Å². The second kappa shape index (κ2) is 5.35. The van der Waals surface area contributed by atoms with Crippen LogP contribution in [-0.2, 0) is 11.3 Å². The van der Waals surface area contributed by atoms with Gasteiger partial charge in [-0.3, -0.25) is 4.79 Å². The lowest BCUT2D eigenvalue weighted by Gasteiger charge is -2.19. The second-order valence-corrected chi connectivity index (χ2v) is 4.49. The van der Waals surface area contributed by atoms with Gasteiger partial charge in [0.15, 0.2) is 4.67 Å². The van der Waals surface area contributed by atoms with Crippen LogP contribution in [0.2, 0.25) is 0 Å². The van der Waals surface area contributed by atoms with Gasteiger partial charge in [-0.25, -0.2) is 0 Å². The van der Waals surface area contributed by atoms with E-state index in [9.17, 15) is 4.79 Å². The summed E-state index contributed by atoms with van der Waals surface area (Å²) in [5.74, 6) is 1.03. The number of amides is 1. The van der Waals surface area contributed by atoms with E-state index < -0.39 is 0 Å². The number of carbonyl (C=O) groups is 1. The van der Waals surface area contributed by atoms with Gasteiger partial charge in [-0.1, -0.05) is 13.8 Å². The minimum absolute atomic E-state index is 0.0772. The molecule has 0 unspecified atom stereocenters. The molecule has 3 nitrogen and oxygen atoms in total. The standard InChI is InChI=1S/C11H16BrNO2/c1-4-8(2)11(14)13(3)7-9-5-6-10(12)15-9/h5-6,8H,4,7H2,1-3H3/t8-/m0/s1. The summed E-state index contributed by atoms with van der Waals surface area (Å²) in [6.07, 6.45) is 0.866. The number of hydrogen-bond acceptors (Lipinski definition) is 2. The number of hydrogen-bond donors (Lipinski definition) is 0. The van der Waals surface area contributed by atoms with E-state index in [1.54, 1.807) is 11.9 Å². The molecule has 0 aromatic carbocycles. The summed E-state index contributed by atoms with van der Waals surface area (Å²) in [6, 6.07) is 3.70. The number of rotatable bonds is 4. The zero-order chi connectivity index (χ0) is 11.4. The molecule has 1 aromatic rings. The number of carbonyl (C=O) groups excluding carboxylic acids is 1. The third kappa shape index (κ3) is 3.38. The van der Waals surface area contributed by atoms with Crippen LogP contribution in [0.25, 0.3) is 0 Å². The Hall–Kier alpha value is -0.770. The SMILES string of the molecule is CC[C@H](C)C(=O)N(C)Cc1ccc(Br)o1. The highest BCUT2D eigenvalue weighted by Crippen LogP contribution is 2.16. The fourth-order valence-electron chi connectivity index (χ4n) is 1.30. The van der Waals surface area contributed by atoms with Crippen LogP contribution in [-0.4, -0.2) is 17.9 Å². The molecule has 0 spiro atoms. The Bertz CT molecular complexity index is 335. The van der Waals surface area contributed by atoms with E-state index in [4.69, 9.17) is 4.42 Å². The Balaban J connectivity index is 2.55. The van der Waals surface area contributed by atoms with Gasteiger partial charge in [-0.2, -0.15) is 0 Å². The van der Waals surface area contributed by atoms with Crippen molar-refractivity contribution in [1.82, 2.24) is 4.90 Å². The third-order valence-electron chi connectivity index (χ3n) is 2.43. The Morgan fingerprint density at radius 1 is 1.60 bits per heavy atom. The summed E-state index contributed by atoms with van der Waals surface area (Å²) in [4.78, 5) is 13.5. The normalized spacial score (nSPS) is 12.5. The minimum Gasteiger partial charge on any atom is -0.452 e. The molecular formula is C11H16BrNO2. The molecule has 1 rings (SSSR count). The summed E-state index contributed by atoms with van der Waals surface area (Å²) >= 11 is 3.23. The molecular weight excluding hydrogens is 258 g/mol. The maximum Gasteiger partial charge on any atom is 0.225 e. The Morgan fingerprint density at radius 2 is 2.27 bits per heavy atom. The van der Waals surface area contributed by atoms with E-state index in [0.29, 0.717) is 11.2 Å². The molecule has 0 aliphatic heterocycles. The number of furan rings is 1. The molecule has 0 N–H and O–H groups in total. The van der Waals surface area contributed by atoms with Crippen LogP contribution in [0.3, 0.4) is 0 Å². The summed E-state index contributed by atoms with van der Waals surface area (Å²) < 4.78 is 6.04. The predicted octanol–water partition coefficient (Wildman–Crippen LogP) is 3.05. The van der Waals surface area contributed by atoms with Gasteiger partial charge in [-0.05, 0) is 34.5 Å². The molecule has 1 aromatic heterocycles. The second-order valence-electron chi connectivity index (χ2n) is 3.71. The average molecular weight is 274 g/mol. The first-order valence-electron chi connectivity index (χ1n) is 5.03. The maximum absolute atomic E-state index is 11.8. The number of nitrogens with zero attached hydrogens (tertiary/aromatic N) is 1. The molecule has 15 heavy (non-hydrogen) atoms. The van der Waals surface area contributed by atoms with Crippen molar-refractivity contribution in [2.45, 2.75) is 26.8 Å². The zero-order valence-corrected chi connectivity index (χ0v) is 10.9. The van der Waals surface area contributed by atoms with Crippen molar-refractivity contribution in [1.29, 1.82) is 0 Å². The van der Waals surface area contributed by atoms with Crippen LogP contribution < -0.4 is 0 Å². The van der Waals surface area contributed by atoms with Gasteiger partial charge >= 0.3 is 0 Å². The quantitative estimate of drug-likeness (QED) is 0.845. The van der Waals surface area contributed by atoms with Crippen LogP contribution in [0.15, 0.2) is 21.2 Å². The van der Waals surface area contributed by atoms with Gasteiger partial charge in [0, 0.05) is 13.0 Å². The van der Waals surface area contributed by atoms with Crippen molar-refractivity contribution in [2.24, 2.45) is 5.92 Å². The lowest BCUT2D eigenvalue weighted by Crippen LogP contribution is -2.30. The van der Waals surface area contributed by atoms with E-state index >= 15 is 0 Å². The van der Waals surface area contributed by atoms with Crippen LogP contribution in [0, 0.1) is 5.92 Å². The molecule has 0 radical (unpaired) electrons. The first kappa shape index (κ1) is 12.3. The molecule has 0 bridgehead atoms. The highest BCUT2D eigenvalue weighted by molar-refractivity contribution is 9.10. The molecule has 4 heteroatoms. The van der Waals surface area contributed by atoms with Crippen molar-refractivity contribution in [2.75, 3.05) is 7.05 Å². The van der Waals surface area contributed by atoms with Crippen LogP contribution in [0.1, 0.15) is 26.0 Å². The van der Waals surface area contributed by atoms with Crippen LogP contribution >= 0.6 is 15.9 Å². The van der Waals surface area contributed by atoms with Crippen molar-refractivity contribution in [3.63, 3.8) is 0 Å². The molecule has 0 saturated carbocycles. The fourth-order valence-corrected chi connectivity index (χ4v) is 1.64. The summed E-state index contributed by atoms with van der Waals surface area (Å²) in [5, 5.41) is 0. The Kier molecular flexibility index (Phi) is 4.39. The molecule has 0 saturated heterocycles. The third-order valence-corrected chi connectivity index (χ3v) is 2.86. The van der Waals surface area contributed by atoms with Crippen molar-refractivity contribution in [3.05, 3.63) is 22.6 Å². The first-order chi connectivity index (χ1) is 7.04. The zero-order valence-electron chi connectivity index (χ0n) is 9.29. The van der Waals surface area contributed by atoms with E-state index in [-0.39, 0.29) is 11.8 Å². The van der Waals surface area contributed by atoms with Crippen molar-refractivity contribution in [3.8, 4) is 0 Å². The summed E-state index contributed by atoms with van der Waals surface area (Å²) in [5.41, 5.74) is 0. The Morgan fingerprint density at radius 3 is 2.73 bits per heavy atom. The van der Waals surface area contributed by atoms with Gasteiger partial charge in [-0.15, -0.1) is 0 Å². The largest absolute Gasteiger partial charge is 0.452 e. The number of halogens is 1. The summed E-state index contributed by atoms with van der Waals surface area (Å²) in [7, 11) is 1.80. The predicted molar refractivity (Wildman–Crippen MR) is 62.3 cm³/mol. The van der Waals surface area contributed by atoms with Crippen molar-refractivity contribution < 1.29 is 9.21 Å². The monoisotopic (exact) mass is 273 g/mol. The van der Waals surface area contributed by atoms with E-state index in [2.05, 4.69) is 15.9 Å². The molecule has 0 fully saturated rings. The lowest BCUT2D eigenvalue weighted by atomic mass is 10.1. The summed E-state index contributed by atoms with van der Waals surface area (Å²) in [6.45, 7) is 4.48. The van der Waals surface area contributed by atoms with Crippen molar-refractivity contribution >= 4 is 21.8 Å². The van der Waals surface area contributed by atoms with Gasteiger partial charge in [0.05, 0.1) is 6.54 Å². The van der Waals surface area contributed by atoms with Crippen LogP contribution in [0.5, 0.6) is 0 Å².